The SMILES string of the molecule is NC1CCC(CNc2ccc(Nc3ccccc3)cc2)CC1. The molecule has 0 atom stereocenters. The number of anilines is 3. The van der Waals surface area contributed by atoms with Crippen molar-refractivity contribution in [3.05, 3.63) is 54.6 Å². The summed E-state index contributed by atoms with van der Waals surface area (Å²) in [6.45, 7) is 1.05. The maximum atomic E-state index is 5.96. The molecule has 3 rings (SSSR count). The number of benzene rings is 2. The van der Waals surface area contributed by atoms with Gasteiger partial charge in [-0.2, -0.15) is 0 Å². The highest BCUT2D eigenvalue weighted by molar-refractivity contribution is 5.62. The first-order valence-electron chi connectivity index (χ1n) is 8.21. The predicted molar refractivity (Wildman–Crippen MR) is 94.6 cm³/mol. The predicted octanol–water partition coefficient (Wildman–Crippen LogP) is 4.36. The first-order valence-corrected chi connectivity index (χ1v) is 8.21. The highest BCUT2D eigenvalue weighted by atomic mass is 14.9. The normalized spacial score (nSPS) is 21.3. The Balaban J connectivity index is 1.49. The standard InChI is InChI=1S/C19H25N3/c20-16-8-6-15(7-9-16)14-21-17-10-12-19(13-11-17)22-18-4-2-1-3-5-18/h1-5,10-13,15-16,21-22H,6-9,14,20H2. The van der Waals surface area contributed by atoms with Crippen molar-refractivity contribution >= 4 is 17.1 Å². The van der Waals surface area contributed by atoms with Gasteiger partial charge in [0.2, 0.25) is 0 Å². The Hall–Kier alpha value is -2.00. The number of hydrogen-bond donors (Lipinski definition) is 3. The van der Waals surface area contributed by atoms with Crippen LogP contribution < -0.4 is 16.4 Å². The number of nitrogens with two attached hydrogens (primary N) is 1. The largest absolute Gasteiger partial charge is 0.385 e. The van der Waals surface area contributed by atoms with Crippen LogP contribution in [0.1, 0.15) is 25.7 Å². The van der Waals surface area contributed by atoms with Crippen molar-refractivity contribution in [1.82, 2.24) is 0 Å². The van der Waals surface area contributed by atoms with E-state index in [-0.39, 0.29) is 0 Å². The molecule has 0 spiro atoms. The van der Waals surface area contributed by atoms with E-state index in [1.165, 1.54) is 31.4 Å². The van der Waals surface area contributed by atoms with Gasteiger partial charge in [-0.3, -0.25) is 0 Å². The highest BCUT2D eigenvalue weighted by Crippen LogP contribution is 2.24. The summed E-state index contributed by atoms with van der Waals surface area (Å²) in [5, 5.41) is 6.95. The molecule has 0 amide bonds. The molecule has 0 saturated heterocycles. The minimum Gasteiger partial charge on any atom is -0.385 e. The van der Waals surface area contributed by atoms with Gasteiger partial charge in [0.05, 0.1) is 0 Å². The highest BCUT2D eigenvalue weighted by Gasteiger charge is 2.17. The zero-order chi connectivity index (χ0) is 15.2. The van der Waals surface area contributed by atoms with Crippen LogP contribution in [0.15, 0.2) is 54.6 Å². The Kier molecular flexibility index (Phi) is 4.96. The molecular formula is C19H25N3. The Morgan fingerprint density at radius 1 is 0.773 bits per heavy atom. The molecule has 1 aliphatic carbocycles. The lowest BCUT2D eigenvalue weighted by molar-refractivity contribution is 0.339. The Morgan fingerprint density at radius 3 is 2.05 bits per heavy atom. The average Bonchev–Trinajstić information content (AvgIpc) is 2.57. The second kappa shape index (κ2) is 7.32. The van der Waals surface area contributed by atoms with Crippen LogP contribution in [-0.2, 0) is 0 Å². The van der Waals surface area contributed by atoms with E-state index >= 15 is 0 Å². The number of rotatable bonds is 5. The van der Waals surface area contributed by atoms with Crippen LogP contribution in [0.25, 0.3) is 0 Å². The third-order valence-electron chi connectivity index (χ3n) is 4.43. The smallest absolute Gasteiger partial charge is 0.0385 e. The summed E-state index contributed by atoms with van der Waals surface area (Å²) in [4.78, 5) is 0. The molecule has 1 fully saturated rings. The Morgan fingerprint density at radius 2 is 1.36 bits per heavy atom. The molecule has 1 saturated carbocycles. The molecule has 2 aromatic rings. The molecule has 0 aromatic heterocycles. The van der Waals surface area contributed by atoms with Gasteiger partial charge in [-0.25, -0.2) is 0 Å². The van der Waals surface area contributed by atoms with Gasteiger partial charge in [0, 0.05) is 29.6 Å². The van der Waals surface area contributed by atoms with Crippen molar-refractivity contribution in [2.24, 2.45) is 11.7 Å². The second-order valence-corrected chi connectivity index (χ2v) is 6.23. The van der Waals surface area contributed by atoms with E-state index in [0.29, 0.717) is 6.04 Å². The third-order valence-corrected chi connectivity index (χ3v) is 4.43. The fourth-order valence-electron chi connectivity index (χ4n) is 3.01. The van der Waals surface area contributed by atoms with Gasteiger partial charge < -0.3 is 16.4 Å². The summed E-state index contributed by atoms with van der Waals surface area (Å²) in [6, 6.07) is 19.2. The van der Waals surface area contributed by atoms with Crippen LogP contribution in [0.3, 0.4) is 0 Å². The van der Waals surface area contributed by atoms with E-state index in [2.05, 4.69) is 47.0 Å². The van der Waals surface area contributed by atoms with Crippen molar-refractivity contribution in [2.45, 2.75) is 31.7 Å². The van der Waals surface area contributed by atoms with Crippen LogP contribution in [0.2, 0.25) is 0 Å². The van der Waals surface area contributed by atoms with Crippen LogP contribution in [0.4, 0.5) is 17.1 Å². The summed E-state index contributed by atoms with van der Waals surface area (Å²) >= 11 is 0. The monoisotopic (exact) mass is 295 g/mol. The number of para-hydroxylation sites is 1. The minimum atomic E-state index is 0.430. The minimum absolute atomic E-state index is 0.430. The lowest BCUT2D eigenvalue weighted by atomic mass is 9.86. The van der Waals surface area contributed by atoms with E-state index in [1.807, 2.05) is 18.2 Å². The van der Waals surface area contributed by atoms with E-state index in [4.69, 9.17) is 5.73 Å². The van der Waals surface area contributed by atoms with Gasteiger partial charge in [0.15, 0.2) is 0 Å². The maximum Gasteiger partial charge on any atom is 0.0385 e. The molecule has 0 unspecified atom stereocenters. The van der Waals surface area contributed by atoms with E-state index in [0.717, 1.165) is 23.8 Å². The summed E-state index contributed by atoms with van der Waals surface area (Å²) in [7, 11) is 0. The molecular weight excluding hydrogens is 270 g/mol. The summed E-state index contributed by atoms with van der Waals surface area (Å²) in [5.74, 6) is 0.766. The Bertz CT molecular complexity index is 557. The van der Waals surface area contributed by atoms with Crippen molar-refractivity contribution in [1.29, 1.82) is 0 Å². The first-order chi connectivity index (χ1) is 10.8. The first kappa shape index (κ1) is 14.9. The zero-order valence-corrected chi connectivity index (χ0v) is 13.0. The lowest BCUT2D eigenvalue weighted by Gasteiger charge is -2.26. The molecule has 0 bridgehead atoms. The van der Waals surface area contributed by atoms with E-state index in [9.17, 15) is 0 Å². The number of hydrogen-bond acceptors (Lipinski definition) is 3. The summed E-state index contributed by atoms with van der Waals surface area (Å²) in [6.07, 6.45) is 4.85. The van der Waals surface area contributed by atoms with E-state index in [1.54, 1.807) is 0 Å². The molecule has 1 aliphatic rings. The maximum absolute atomic E-state index is 5.96. The van der Waals surface area contributed by atoms with Crippen LogP contribution in [-0.4, -0.2) is 12.6 Å². The fourth-order valence-corrected chi connectivity index (χ4v) is 3.01. The van der Waals surface area contributed by atoms with Crippen molar-refractivity contribution in [3.8, 4) is 0 Å². The van der Waals surface area contributed by atoms with Crippen molar-refractivity contribution in [2.75, 3.05) is 17.2 Å². The van der Waals surface area contributed by atoms with Gasteiger partial charge in [0.1, 0.15) is 0 Å². The second-order valence-electron chi connectivity index (χ2n) is 6.23. The molecule has 0 radical (unpaired) electrons. The Labute approximate surface area is 132 Å². The van der Waals surface area contributed by atoms with Crippen LogP contribution in [0.5, 0.6) is 0 Å². The van der Waals surface area contributed by atoms with Crippen molar-refractivity contribution in [3.63, 3.8) is 0 Å². The third kappa shape index (κ3) is 4.25. The molecule has 3 nitrogen and oxygen atoms in total. The van der Waals surface area contributed by atoms with Gasteiger partial charge in [-0.15, -0.1) is 0 Å². The molecule has 0 heterocycles. The molecule has 4 N–H and O–H groups in total. The molecule has 116 valence electrons. The van der Waals surface area contributed by atoms with Gasteiger partial charge in [0.25, 0.3) is 0 Å². The summed E-state index contributed by atoms with van der Waals surface area (Å²) in [5.41, 5.74) is 9.37. The topological polar surface area (TPSA) is 50.1 Å². The van der Waals surface area contributed by atoms with Crippen molar-refractivity contribution < 1.29 is 0 Å². The lowest BCUT2D eigenvalue weighted by Crippen LogP contribution is -2.29. The molecule has 0 aliphatic heterocycles. The molecule has 2 aromatic carbocycles. The molecule has 3 heteroatoms. The van der Waals surface area contributed by atoms with Crippen LogP contribution in [0, 0.1) is 5.92 Å². The fraction of sp³-hybridized carbons (Fsp3) is 0.368. The van der Waals surface area contributed by atoms with Crippen LogP contribution >= 0.6 is 0 Å². The summed E-state index contributed by atoms with van der Waals surface area (Å²) < 4.78 is 0. The zero-order valence-electron chi connectivity index (χ0n) is 13.0. The number of nitrogens with one attached hydrogen (secondary N) is 2. The van der Waals surface area contributed by atoms with E-state index < -0.39 is 0 Å². The van der Waals surface area contributed by atoms with Gasteiger partial charge in [-0.05, 0) is 68.0 Å². The average molecular weight is 295 g/mol. The van der Waals surface area contributed by atoms with Gasteiger partial charge >= 0.3 is 0 Å². The molecule has 22 heavy (non-hydrogen) atoms. The quantitative estimate of drug-likeness (QED) is 0.768. The van der Waals surface area contributed by atoms with Gasteiger partial charge in [-0.1, -0.05) is 18.2 Å².